The largest absolute Gasteiger partial charge is 0.494 e. The normalized spacial score (nSPS) is 19.2. The van der Waals surface area contributed by atoms with E-state index in [2.05, 4.69) is 18.2 Å². The second-order valence-electron chi connectivity index (χ2n) is 7.51. The molecule has 3 aromatic carbocycles. The second-order valence-corrected chi connectivity index (χ2v) is 7.94. The fourth-order valence-electron chi connectivity index (χ4n) is 4.21. The van der Waals surface area contributed by atoms with Gasteiger partial charge in [0.15, 0.2) is 11.5 Å². The number of hydrazone groups is 1. The molecule has 0 aromatic heterocycles. The van der Waals surface area contributed by atoms with Gasteiger partial charge in [-0.15, -0.1) is 0 Å². The fourth-order valence-corrected chi connectivity index (χ4v) is 4.41. The molecule has 0 aliphatic carbocycles. The van der Waals surface area contributed by atoms with Gasteiger partial charge in [-0.05, 0) is 55.0 Å². The maximum absolute atomic E-state index is 6.46. The van der Waals surface area contributed by atoms with Gasteiger partial charge in [-0.25, -0.2) is 5.01 Å². The fraction of sp³-hybridized carbons (Fsp3) is 0.240. The summed E-state index contributed by atoms with van der Waals surface area (Å²) in [5.41, 5.74) is 4.11. The number of para-hydroxylation sites is 1. The molecule has 6 heteroatoms. The average Bonchev–Trinajstić information content (AvgIpc) is 3.24. The molecule has 0 N–H and O–H groups in total. The molecule has 158 valence electrons. The maximum atomic E-state index is 6.46. The first-order valence-corrected chi connectivity index (χ1v) is 10.7. The van der Waals surface area contributed by atoms with Crippen molar-refractivity contribution in [3.8, 4) is 17.2 Å². The number of nitrogens with zero attached hydrogens (tertiary/aromatic N) is 2. The molecule has 0 unspecified atom stereocenters. The zero-order valence-corrected chi connectivity index (χ0v) is 18.2. The smallest absolute Gasteiger partial charge is 0.214 e. The molecule has 0 fully saturated rings. The van der Waals surface area contributed by atoms with Gasteiger partial charge in [0.1, 0.15) is 5.75 Å². The molecule has 2 aliphatic heterocycles. The number of methoxy groups -OCH3 is 1. The van der Waals surface area contributed by atoms with Crippen LogP contribution >= 0.6 is 11.6 Å². The highest BCUT2D eigenvalue weighted by Crippen LogP contribution is 2.50. The van der Waals surface area contributed by atoms with Crippen LogP contribution in [0, 0.1) is 0 Å². The van der Waals surface area contributed by atoms with Crippen LogP contribution in [0.3, 0.4) is 0 Å². The van der Waals surface area contributed by atoms with E-state index in [0.717, 1.165) is 46.1 Å². The minimum Gasteiger partial charge on any atom is -0.494 e. The van der Waals surface area contributed by atoms with Crippen molar-refractivity contribution < 1.29 is 14.2 Å². The zero-order chi connectivity index (χ0) is 21.4. The first-order valence-electron chi connectivity index (χ1n) is 10.4. The average molecular weight is 435 g/mol. The third kappa shape index (κ3) is 3.59. The van der Waals surface area contributed by atoms with Crippen LogP contribution in [0.5, 0.6) is 17.2 Å². The summed E-state index contributed by atoms with van der Waals surface area (Å²) < 4.78 is 17.6. The quantitative estimate of drug-likeness (QED) is 0.494. The Hall–Kier alpha value is -3.18. The number of benzene rings is 3. The van der Waals surface area contributed by atoms with Crippen LogP contribution in [0.2, 0.25) is 5.02 Å². The summed E-state index contributed by atoms with van der Waals surface area (Å²) in [5, 5.41) is 7.70. The highest BCUT2D eigenvalue weighted by molar-refractivity contribution is 6.30. The second kappa shape index (κ2) is 8.16. The van der Waals surface area contributed by atoms with Gasteiger partial charge in [0.05, 0.1) is 25.5 Å². The lowest BCUT2D eigenvalue weighted by Crippen LogP contribution is -2.33. The Morgan fingerprint density at radius 1 is 1.10 bits per heavy atom. The van der Waals surface area contributed by atoms with E-state index >= 15 is 0 Å². The monoisotopic (exact) mass is 434 g/mol. The molecule has 2 aliphatic rings. The van der Waals surface area contributed by atoms with Gasteiger partial charge in [0.2, 0.25) is 6.23 Å². The molecular formula is C25H23ClN2O3. The molecule has 0 saturated carbocycles. The maximum Gasteiger partial charge on any atom is 0.214 e. The van der Waals surface area contributed by atoms with Gasteiger partial charge < -0.3 is 14.2 Å². The van der Waals surface area contributed by atoms with Gasteiger partial charge in [0.25, 0.3) is 0 Å². The summed E-state index contributed by atoms with van der Waals surface area (Å²) in [4.78, 5) is 0. The minimum absolute atomic E-state index is 0.0457. The van der Waals surface area contributed by atoms with Crippen molar-refractivity contribution in [2.24, 2.45) is 5.10 Å². The summed E-state index contributed by atoms with van der Waals surface area (Å²) in [7, 11) is 1.66. The summed E-state index contributed by atoms with van der Waals surface area (Å²) in [5.74, 6) is 2.34. The molecule has 5 nitrogen and oxygen atoms in total. The van der Waals surface area contributed by atoms with Crippen molar-refractivity contribution in [3.63, 3.8) is 0 Å². The predicted molar refractivity (Wildman–Crippen MR) is 121 cm³/mol. The van der Waals surface area contributed by atoms with E-state index in [0.29, 0.717) is 11.6 Å². The SMILES string of the molecule is CCOc1ccc(C2=NN3[C@H](C2)c2cccc(OC)c2O[C@@H]3c2cccc(Cl)c2)cc1. The number of rotatable bonds is 5. The number of hydrogen-bond donors (Lipinski definition) is 0. The van der Waals surface area contributed by atoms with Crippen LogP contribution in [-0.2, 0) is 0 Å². The molecule has 0 radical (unpaired) electrons. The third-order valence-electron chi connectivity index (χ3n) is 5.63. The van der Waals surface area contributed by atoms with Crippen LogP contribution in [-0.4, -0.2) is 24.4 Å². The van der Waals surface area contributed by atoms with Gasteiger partial charge in [-0.2, -0.15) is 5.10 Å². The standard InChI is InChI=1S/C25H23ClN2O3/c1-3-30-19-12-10-16(11-13-19)21-15-22-20-8-5-9-23(29-2)24(20)31-25(28(22)27-21)17-6-4-7-18(26)14-17/h4-14,22,25H,3,15H2,1-2H3/t22-,25-/m1/s1. The Morgan fingerprint density at radius 3 is 2.65 bits per heavy atom. The molecule has 0 spiro atoms. The summed E-state index contributed by atoms with van der Waals surface area (Å²) >= 11 is 6.28. The molecule has 5 rings (SSSR count). The Balaban J connectivity index is 1.57. The topological polar surface area (TPSA) is 43.3 Å². The molecule has 0 bridgehead atoms. The van der Waals surface area contributed by atoms with Crippen LogP contribution < -0.4 is 14.2 Å². The van der Waals surface area contributed by atoms with Crippen LogP contribution in [0.25, 0.3) is 0 Å². The van der Waals surface area contributed by atoms with Crippen molar-refractivity contribution in [2.75, 3.05) is 13.7 Å². The van der Waals surface area contributed by atoms with E-state index in [4.69, 9.17) is 30.9 Å². The van der Waals surface area contributed by atoms with Crippen LogP contribution in [0.15, 0.2) is 71.8 Å². The van der Waals surface area contributed by atoms with E-state index in [1.54, 1.807) is 7.11 Å². The minimum atomic E-state index is -0.396. The summed E-state index contributed by atoms with van der Waals surface area (Å²) in [6.07, 6.45) is 0.377. The first kappa shape index (κ1) is 19.8. The lowest BCUT2D eigenvalue weighted by molar-refractivity contribution is -0.0208. The number of ether oxygens (including phenoxy) is 3. The van der Waals surface area contributed by atoms with E-state index < -0.39 is 6.23 Å². The van der Waals surface area contributed by atoms with Crippen molar-refractivity contribution in [3.05, 3.63) is 88.4 Å². The lowest BCUT2D eigenvalue weighted by Gasteiger charge is -2.38. The lowest BCUT2D eigenvalue weighted by atomic mass is 9.95. The van der Waals surface area contributed by atoms with Gasteiger partial charge in [-0.3, -0.25) is 0 Å². The van der Waals surface area contributed by atoms with E-state index in [1.807, 2.05) is 60.5 Å². The molecule has 2 atom stereocenters. The van der Waals surface area contributed by atoms with E-state index in [1.165, 1.54) is 0 Å². The highest BCUT2D eigenvalue weighted by Gasteiger charge is 2.42. The highest BCUT2D eigenvalue weighted by atomic mass is 35.5. The molecule has 0 amide bonds. The van der Waals surface area contributed by atoms with Crippen molar-refractivity contribution in [1.82, 2.24) is 5.01 Å². The number of hydrogen-bond acceptors (Lipinski definition) is 5. The predicted octanol–water partition coefficient (Wildman–Crippen LogP) is 5.99. The Kier molecular flexibility index (Phi) is 5.20. The van der Waals surface area contributed by atoms with E-state index in [-0.39, 0.29) is 6.04 Å². The summed E-state index contributed by atoms with van der Waals surface area (Å²) in [6.45, 7) is 2.63. The molecule has 2 heterocycles. The molecular weight excluding hydrogens is 412 g/mol. The number of fused-ring (bicyclic) bond motifs is 3. The van der Waals surface area contributed by atoms with Crippen LogP contribution in [0.4, 0.5) is 0 Å². The van der Waals surface area contributed by atoms with Gasteiger partial charge >= 0.3 is 0 Å². The van der Waals surface area contributed by atoms with E-state index in [9.17, 15) is 0 Å². The Morgan fingerprint density at radius 2 is 1.90 bits per heavy atom. The first-order chi connectivity index (χ1) is 15.2. The molecule has 31 heavy (non-hydrogen) atoms. The third-order valence-corrected chi connectivity index (χ3v) is 5.87. The Bertz CT molecular complexity index is 1130. The van der Waals surface area contributed by atoms with Crippen molar-refractivity contribution >= 4 is 17.3 Å². The van der Waals surface area contributed by atoms with Crippen molar-refractivity contribution in [1.29, 1.82) is 0 Å². The molecule has 0 saturated heterocycles. The van der Waals surface area contributed by atoms with Crippen molar-refractivity contribution in [2.45, 2.75) is 25.6 Å². The van der Waals surface area contributed by atoms with Crippen LogP contribution in [0.1, 0.15) is 42.3 Å². The molecule has 3 aromatic rings. The zero-order valence-electron chi connectivity index (χ0n) is 17.4. The summed E-state index contributed by atoms with van der Waals surface area (Å²) in [6, 6.07) is 21.9. The Labute approximate surface area is 186 Å². The number of halogens is 1. The van der Waals surface area contributed by atoms with Gasteiger partial charge in [-0.1, -0.05) is 35.9 Å². The van der Waals surface area contributed by atoms with Gasteiger partial charge in [0, 0.05) is 22.6 Å².